The summed E-state index contributed by atoms with van der Waals surface area (Å²) in [7, 11) is 0. The lowest BCUT2D eigenvalue weighted by Gasteiger charge is -2.10. The maximum atomic E-state index is 4.40. The predicted molar refractivity (Wildman–Crippen MR) is 63.7 cm³/mol. The molecule has 0 aliphatic carbocycles. The van der Waals surface area contributed by atoms with E-state index in [2.05, 4.69) is 39.2 Å². The molecule has 0 bridgehead atoms. The molecular weight excluding hydrogens is 216 g/mol. The zero-order valence-corrected chi connectivity index (χ0v) is 10.3. The third-order valence-electron chi connectivity index (χ3n) is 2.39. The topological polar surface area (TPSA) is 68.5 Å². The summed E-state index contributed by atoms with van der Waals surface area (Å²) in [5.41, 5.74) is 2.06. The molecule has 17 heavy (non-hydrogen) atoms. The van der Waals surface area contributed by atoms with Gasteiger partial charge in [-0.15, -0.1) is 0 Å². The smallest absolute Gasteiger partial charge is 0.252 e. The molecule has 0 aliphatic rings. The van der Waals surface area contributed by atoms with Gasteiger partial charge in [0, 0.05) is 30.0 Å². The van der Waals surface area contributed by atoms with Gasteiger partial charge in [0.25, 0.3) is 5.95 Å². The highest BCUT2D eigenvalue weighted by molar-refractivity contribution is 5.20. The molecule has 2 heterocycles. The molecule has 6 nitrogen and oxygen atoms in total. The van der Waals surface area contributed by atoms with Crippen molar-refractivity contribution in [3.63, 3.8) is 0 Å². The summed E-state index contributed by atoms with van der Waals surface area (Å²) in [6.07, 6.45) is 4.88. The fourth-order valence-corrected chi connectivity index (χ4v) is 1.39. The Morgan fingerprint density at radius 3 is 2.82 bits per heavy atom. The molecule has 0 saturated carbocycles. The number of aryl methyl sites for hydroxylation is 1. The molecule has 0 spiro atoms. The van der Waals surface area contributed by atoms with Gasteiger partial charge in [-0.05, 0) is 6.92 Å². The number of nitrogens with one attached hydrogen (secondary N) is 1. The van der Waals surface area contributed by atoms with Crippen LogP contribution in [-0.4, -0.2) is 30.8 Å². The Bertz CT molecular complexity index is 477. The van der Waals surface area contributed by atoms with E-state index in [1.165, 1.54) is 6.33 Å². The van der Waals surface area contributed by atoms with Gasteiger partial charge in [-0.2, -0.15) is 9.78 Å². The van der Waals surface area contributed by atoms with Gasteiger partial charge in [-0.25, -0.2) is 15.0 Å². The fourth-order valence-electron chi connectivity index (χ4n) is 1.39. The lowest BCUT2D eigenvalue weighted by Crippen LogP contribution is -2.22. The van der Waals surface area contributed by atoms with Gasteiger partial charge >= 0.3 is 0 Å². The summed E-state index contributed by atoms with van der Waals surface area (Å²) >= 11 is 0. The lowest BCUT2D eigenvalue weighted by atomic mass is 10.2. The van der Waals surface area contributed by atoms with E-state index >= 15 is 0 Å². The quantitative estimate of drug-likeness (QED) is 0.847. The molecular formula is C11H16N6. The van der Waals surface area contributed by atoms with Crippen molar-refractivity contribution in [1.82, 2.24) is 30.0 Å². The Morgan fingerprint density at radius 1 is 1.41 bits per heavy atom. The van der Waals surface area contributed by atoms with Crippen LogP contribution in [0.1, 0.15) is 25.1 Å². The molecule has 0 unspecified atom stereocenters. The zero-order valence-electron chi connectivity index (χ0n) is 10.3. The van der Waals surface area contributed by atoms with Gasteiger partial charge in [0.05, 0.1) is 0 Å². The molecule has 0 saturated heterocycles. The molecule has 90 valence electrons. The van der Waals surface area contributed by atoms with E-state index in [4.69, 9.17) is 0 Å². The first-order valence-corrected chi connectivity index (χ1v) is 5.57. The first-order valence-electron chi connectivity index (χ1n) is 5.57. The summed E-state index contributed by atoms with van der Waals surface area (Å²) in [4.78, 5) is 12.5. The molecule has 0 aliphatic heterocycles. The van der Waals surface area contributed by atoms with Crippen LogP contribution in [0, 0.1) is 6.92 Å². The van der Waals surface area contributed by atoms with E-state index in [9.17, 15) is 0 Å². The molecule has 0 atom stereocenters. The third kappa shape index (κ3) is 2.85. The van der Waals surface area contributed by atoms with E-state index in [1.54, 1.807) is 11.0 Å². The van der Waals surface area contributed by atoms with E-state index in [0.717, 1.165) is 17.8 Å². The van der Waals surface area contributed by atoms with Crippen molar-refractivity contribution in [1.29, 1.82) is 0 Å². The van der Waals surface area contributed by atoms with Crippen molar-refractivity contribution in [2.75, 3.05) is 0 Å². The van der Waals surface area contributed by atoms with E-state index < -0.39 is 0 Å². The summed E-state index contributed by atoms with van der Waals surface area (Å²) < 4.78 is 1.55. The SMILES string of the molecule is Cc1nc(-n2cncn2)ncc1CNC(C)C. The highest BCUT2D eigenvalue weighted by Crippen LogP contribution is 2.06. The summed E-state index contributed by atoms with van der Waals surface area (Å²) in [5.74, 6) is 0.549. The van der Waals surface area contributed by atoms with Gasteiger partial charge in [0.2, 0.25) is 0 Å². The highest BCUT2D eigenvalue weighted by Gasteiger charge is 2.05. The third-order valence-corrected chi connectivity index (χ3v) is 2.39. The zero-order chi connectivity index (χ0) is 12.3. The van der Waals surface area contributed by atoms with Crippen LogP contribution in [0.15, 0.2) is 18.9 Å². The molecule has 2 aromatic rings. The molecule has 2 aromatic heterocycles. The summed E-state index contributed by atoms with van der Waals surface area (Å²) in [6.45, 7) is 6.97. The van der Waals surface area contributed by atoms with Gasteiger partial charge in [-0.3, -0.25) is 0 Å². The van der Waals surface area contributed by atoms with E-state index in [0.29, 0.717) is 12.0 Å². The largest absolute Gasteiger partial charge is 0.310 e. The second-order valence-corrected chi connectivity index (χ2v) is 4.16. The summed E-state index contributed by atoms with van der Waals surface area (Å²) in [5, 5.41) is 7.34. The van der Waals surface area contributed by atoms with Gasteiger partial charge in [0.1, 0.15) is 12.7 Å². The molecule has 0 radical (unpaired) electrons. The van der Waals surface area contributed by atoms with Crippen molar-refractivity contribution < 1.29 is 0 Å². The van der Waals surface area contributed by atoms with Gasteiger partial charge in [0.15, 0.2) is 0 Å². The Morgan fingerprint density at radius 2 is 2.24 bits per heavy atom. The molecule has 6 heteroatoms. The molecule has 2 rings (SSSR count). The van der Waals surface area contributed by atoms with Crippen LogP contribution in [0.25, 0.3) is 5.95 Å². The van der Waals surface area contributed by atoms with Crippen LogP contribution >= 0.6 is 0 Å². The average molecular weight is 232 g/mol. The number of nitrogens with zero attached hydrogens (tertiary/aromatic N) is 5. The number of hydrogen-bond donors (Lipinski definition) is 1. The second-order valence-electron chi connectivity index (χ2n) is 4.16. The number of hydrogen-bond acceptors (Lipinski definition) is 5. The standard InChI is InChI=1S/C11H16N6/c1-8(2)13-4-10-5-14-11(16-9(10)3)17-7-12-6-15-17/h5-8,13H,4H2,1-3H3. The van der Waals surface area contributed by atoms with Crippen LogP contribution in [0.4, 0.5) is 0 Å². The van der Waals surface area contributed by atoms with Crippen molar-refractivity contribution in [2.45, 2.75) is 33.4 Å². The Balaban J connectivity index is 2.17. The van der Waals surface area contributed by atoms with Crippen LogP contribution < -0.4 is 5.32 Å². The van der Waals surface area contributed by atoms with Crippen molar-refractivity contribution in [2.24, 2.45) is 0 Å². The minimum Gasteiger partial charge on any atom is -0.310 e. The van der Waals surface area contributed by atoms with Crippen LogP contribution in [0.3, 0.4) is 0 Å². The van der Waals surface area contributed by atoms with Crippen molar-refractivity contribution >= 4 is 0 Å². The fraction of sp³-hybridized carbons (Fsp3) is 0.455. The van der Waals surface area contributed by atoms with E-state index in [1.807, 2.05) is 13.1 Å². The Hall–Kier alpha value is -1.82. The minimum absolute atomic E-state index is 0.449. The maximum absolute atomic E-state index is 4.40. The molecule has 0 fully saturated rings. The maximum Gasteiger partial charge on any atom is 0.252 e. The van der Waals surface area contributed by atoms with Crippen molar-refractivity contribution in [3.05, 3.63) is 30.1 Å². The first-order chi connectivity index (χ1) is 8.16. The van der Waals surface area contributed by atoms with Gasteiger partial charge in [-0.1, -0.05) is 13.8 Å². The first kappa shape index (κ1) is 11.7. The number of aromatic nitrogens is 5. The Labute approximate surface area is 100 Å². The monoisotopic (exact) mass is 232 g/mol. The summed E-state index contributed by atoms with van der Waals surface area (Å²) in [6, 6.07) is 0.449. The Kier molecular flexibility index (Phi) is 3.43. The van der Waals surface area contributed by atoms with Gasteiger partial charge < -0.3 is 5.32 Å². The predicted octanol–water partition coefficient (Wildman–Crippen LogP) is 0.864. The minimum atomic E-state index is 0.449. The lowest BCUT2D eigenvalue weighted by molar-refractivity contribution is 0.584. The number of rotatable bonds is 4. The molecule has 0 aromatic carbocycles. The normalized spacial score (nSPS) is 11.1. The van der Waals surface area contributed by atoms with Crippen molar-refractivity contribution in [3.8, 4) is 5.95 Å². The van der Waals surface area contributed by atoms with Crippen LogP contribution in [0.5, 0.6) is 0 Å². The second kappa shape index (κ2) is 5.01. The van der Waals surface area contributed by atoms with E-state index in [-0.39, 0.29) is 0 Å². The molecule has 0 amide bonds. The van der Waals surface area contributed by atoms with Crippen LogP contribution in [-0.2, 0) is 6.54 Å². The molecule has 1 N–H and O–H groups in total. The highest BCUT2D eigenvalue weighted by atomic mass is 15.4. The van der Waals surface area contributed by atoms with Crippen LogP contribution in [0.2, 0.25) is 0 Å². The average Bonchev–Trinajstić information content (AvgIpc) is 2.80.